The Morgan fingerprint density at radius 2 is 2.20 bits per heavy atom. The van der Waals surface area contributed by atoms with E-state index in [2.05, 4.69) is 12.2 Å². The molecule has 1 aromatic heterocycles. The Kier molecular flexibility index (Phi) is 4.81. The number of hydrogen-bond donors (Lipinski definition) is 2. The standard InChI is InChI=1S/C15H22N2O2S/c1-3-4-5-12(18)17-15-13(14(16)19)10-7-6-9(2)8-11(10)20-15/h9H,3-8H2,1-2H3,(H2,16,19)(H,17,18)/t9-/m1/s1. The lowest BCUT2D eigenvalue weighted by Gasteiger charge is -2.18. The molecule has 0 spiro atoms. The number of carbonyl (C=O) groups excluding carboxylic acids is 2. The number of nitrogens with one attached hydrogen (secondary N) is 1. The minimum absolute atomic E-state index is 0.0269. The number of unbranched alkanes of at least 4 members (excludes halogenated alkanes) is 1. The van der Waals surface area contributed by atoms with Gasteiger partial charge in [-0.25, -0.2) is 0 Å². The molecule has 2 rings (SSSR count). The van der Waals surface area contributed by atoms with E-state index >= 15 is 0 Å². The van der Waals surface area contributed by atoms with Crippen LogP contribution in [0.5, 0.6) is 0 Å². The highest BCUT2D eigenvalue weighted by Gasteiger charge is 2.27. The lowest BCUT2D eigenvalue weighted by molar-refractivity contribution is -0.116. The number of thiophene rings is 1. The monoisotopic (exact) mass is 294 g/mol. The van der Waals surface area contributed by atoms with Crippen molar-refractivity contribution in [3.63, 3.8) is 0 Å². The highest BCUT2D eigenvalue weighted by molar-refractivity contribution is 7.17. The van der Waals surface area contributed by atoms with Crippen LogP contribution in [0.25, 0.3) is 0 Å². The van der Waals surface area contributed by atoms with Crippen molar-refractivity contribution in [3.8, 4) is 0 Å². The highest BCUT2D eigenvalue weighted by Crippen LogP contribution is 2.39. The van der Waals surface area contributed by atoms with Crippen LogP contribution in [0.3, 0.4) is 0 Å². The molecule has 0 saturated carbocycles. The second-order valence-corrected chi connectivity index (χ2v) is 6.68. The zero-order chi connectivity index (χ0) is 14.7. The van der Waals surface area contributed by atoms with E-state index < -0.39 is 5.91 Å². The van der Waals surface area contributed by atoms with Gasteiger partial charge in [0.15, 0.2) is 0 Å². The van der Waals surface area contributed by atoms with E-state index in [1.165, 1.54) is 16.2 Å². The van der Waals surface area contributed by atoms with E-state index in [1.807, 2.05) is 6.92 Å². The smallest absolute Gasteiger partial charge is 0.251 e. The molecule has 0 fully saturated rings. The van der Waals surface area contributed by atoms with Crippen molar-refractivity contribution in [2.24, 2.45) is 11.7 Å². The van der Waals surface area contributed by atoms with Crippen LogP contribution in [0.2, 0.25) is 0 Å². The van der Waals surface area contributed by atoms with E-state index in [4.69, 9.17) is 5.73 Å². The summed E-state index contributed by atoms with van der Waals surface area (Å²) in [7, 11) is 0. The fraction of sp³-hybridized carbons (Fsp3) is 0.600. The van der Waals surface area contributed by atoms with E-state index in [-0.39, 0.29) is 5.91 Å². The van der Waals surface area contributed by atoms with Crippen LogP contribution in [0.1, 0.15) is 60.3 Å². The average molecular weight is 294 g/mol. The van der Waals surface area contributed by atoms with Gasteiger partial charge in [-0.3, -0.25) is 9.59 Å². The second-order valence-electron chi connectivity index (χ2n) is 5.57. The third kappa shape index (κ3) is 3.20. The van der Waals surface area contributed by atoms with E-state index in [1.54, 1.807) is 0 Å². The number of fused-ring (bicyclic) bond motifs is 1. The number of primary amides is 1. The molecule has 20 heavy (non-hydrogen) atoms. The van der Waals surface area contributed by atoms with Crippen molar-refractivity contribution in [2.75, 3.05) is 5.32 Å². The lowest BCUT2D eigenvalue weighted by Crippen LogP contribution is -2.19. The van der Waals surface area contributed by atoms with Gasteiger partial charge in [0, 0.05) is 11.3 Å². The molecule has 0 aromatic carbocycles. The summed E-state index contributed by atoms with van der Waals surface area (Å²) in [5.74, 6) is 0.175. The van der Waals surface area contributed by atoms with E-state index in [9.17, 15) is 9.59 Å². The summed E-state index contributed by atoms with van der Waals surface area (Å²) in [6.07, 6.45) is 5.27. The first kappa shape index (κ1) is 15.0. The fourth-order valence-corrected chi connectivity index (χ4v) is 4.06. The van der Waals surface area contributed by atoms with E-state index in [0.717, 1.165) is 37.7 Å². The summed E-state index contributed by atoms with van der Waals surface area (Å²) in [6, 6.07) is 0. The van der Waals surface area contributed by atoms with Gasteiger partial charge in [-0.2, -0.15) is 0 Å². The van der Waals surface area contributed by atoms with Crippen LogP contribution < -0.4 is 11.1 Å². The van der Waals surface area contributed by atoms with Gasteiger partial charge < -0.3 is 11.1 Å². The van der Waals surface area contributed by atoms with Crippen LogP contribution in [0.15, 0.2) is 0 Å². The molecule has 0 aliphatic heterocycles. The highest BCUT2D eigenvalue weighted by atomic mass is 32.1. The number of nitrogens with two attached hydrogens (primary N) is 1. The van der Waals surface area contributed by atoms with Crippen LogP contribution in [-0.2, 0) is 17.6 Å². The van der Waals surface area contributed by atoms with Crippen LogP contribution in [0.4, 0.5) is 5.00 Å². The molecule has 0 saturated heterocycles. The minimum Gasteiger partial charge on any atom is -0.365 e. The van der Waals surface area contributed by atoms with Gasteiger partial charge in [-0.05, 0) is 37.2 Å². The van der Waals surface area contributed by atoms with Gasteiger partial charge in [0.05, 0.1) is 5.56 Å². The molecule has 2 amide bonds. The molecular formula is C15H22N2O2S. The minimum atomic E-state index is -0.428. The molecule has 4 nitrogen and oxygen atoms in total. The SMILES string of the molecule is CCCCC(=O)Nc1sc2c(c1C(N)=O)CC[C@@H](C)C2. The molecule has 1 heterocycles. The predicted octanol–water partition coefficient (Wildman–Crippen LogP) is 3.10. The van der Waals surface area contributed by atoms with Crippen molar-refractivity contribution in [3.05, 3.63) is 16.0 Å². The third-order valence-corrected chi connectivity index (χ3v) is 4.94. The molecule has 0 bridgehead atoms. The third-order valence-electron chi connectivity index (χ3n) is 3.77. The average Bonchev–Trinajstić information content (AvgIpc) is 2.73. The largest absolute Gasteiger partial charge is 0.365 e. The Morgan fingerprint density at radius 1 is 1.45 bits per heavy atom. The van der Waals surface area contributed by atoms with Gasteiger partial charge in [0.2, 0.25) is 5.91 Å². The topological polar surface area (TPSA) is 72.2 Å². The number of rotatable bonds is 5. The molecule has 110 valence electrons. The summed E-state index contributed by atoms with van der Waals surface area (Å²) < 4.78 is 0. The molecule has 1 aliphatic carbocycles. The maximum absolute atomic E-state index is 11.9. The van der Waals surface area contributed by atoms with Crippen LogP contribution in [-0.4, -0.2) is 11.8 Å². The molecular weight excluding hydrogens is 272 g/mol. The molecule has 1 aliphatic rings. The van der Waals surface area contributed by atoms with Gasteiger partial charge in [0.1, 0.15) is 5.00 Å². The van der Waals surface area contributed by atoms with Crippen LogP contribution in [0, 0.1) is 5.92 Å². The summed E-state index contributed by atoms with van der Waals surface area (Å²) in [5, 5.41) is 3.53. The lowest BCUT2D eigenvalue weighted by atomic mass is 9.88. The Balaban J connectivity index is 2.24. The fourth-order valence-electron chi connectivity index (χ4n) is 2.63. The molecule has 3 N–H and O–H groups in total. The maximum Gasteiger partial charge on any atom is 0.251 e. The first-order valence-corrected chi connectivity index (χ1v) is 8.08. The molecule has 1 aromatic rings. The maximum atomic E-state index is 11.9. The number of carbonyl (C=O) groups is 2. The first-order chi connectivity index (χ1) is 9.52. The Bertz CT molecular complexity index is 522. The zero-order valence-corrected chi connectivity index (χ0v) is 12.9. The normalized spacial score (nSPS) is 17.6. The second kappa shape index (κ2) is 6.39. The summed E-state index contributed by atoms with van der Waals surface area (Å²) in [6.45, 7) is 4.26. The van der Waals surface area contributed by atoms with Gasteiger partial charge in [-0.1, -0.05) is 20.3 Å². The van der Waals surface area contributed by atoms with Crippen molar-refractivity contribution >= 4 is 28.2 Å². The van der Waals surface area contributed by atoms with Crippen molar-refractivity contribution in [2.45, 2.75) is 52.4 Å². The van der Waals surface area contributed by atoms with Crippen LogP contribution >= 0.6 is 11.3 Å². The van der Waals surface area contributed by atoms with E-state index in [0.29, 0.717) is 22.9 Å². The van der Waals surface area contributed by atoms with Crippen molar-refractivity contribution < 1.29 is 9.59 Å². The molecule has 5 heteroatoms. The zero-order valence-electron chi connectivity index (χ0n) is 12.1. The molecule has 0 radical (unpaired) electrons. The Morgan fingerprint density at radius 3 is 2.85 bits per heavy atom. The Labute approximate surface area is 123 Å². The Hall–Kier alpha value is -1.36. The number of amides is 2. The quantitative estimate of drug-likeness (QED) is 0.876. The molecule has 0 unspecified atom stereocenters. The van der Waals surface area contributed by atoms with Crippen molar-refractivity contribution in [1.82, 2.24) is 0 Å². The first-order valence-electron chi connectivity index (χ1n) is 7.27. The predicted molar refractivity (Wildman–Crippen MR) is 82.2 cm³/mol. The summed E-state index contributed by atoms with van der Waals surface area (Å²) in [5.41, 5.74) is 7.11. The van der Waals surface area contributed by atoms with Gasteiger partial charge in [0.25, 0.3) is 5.91 Å². The van der Waals surface area contributed by atoms with Gasteiger partial charge in [-0.15, -0.1) is 11.3 Å². The molecule has 1 atom stereocenters. The number of anilines is 1. The summed E-state index contributed by atoms with van der Waals surface area (Å²) in [4.78, 5) is 24.8. The van der Waals surface area contributed by atoms with Gasteiger partial charge >= 0.3 is 0 Å². The van der Waals surface area contributed by atoms with Crippen molar-refractivity contribution in [1.29, 1.82) is 0 Å². The summed E-state index contributed by atoms with van der Waals surface area (Å²) >= 11 is 1.52. The number of hydrogen-bond acceptors (Lipinski definition) is 3.